The van der Waals surface area contributed by atoms with Crippen LogP contribution in [0.2, 0.25) is 10.0 Å². The first-order valence-corrected chi connectivity index (χ1v) is 6.77. The number of nitrogens with one attached hydrogen (secondary N) is 1. The summed E-state index contributed by atoms with van der Waals surface area (Å²) in [5.41, 5.74) is 0.615. The van der Waals surface area contributed by atoms with Crippen LogP contribution in [0.1, 0.15) is 0 Å². The zero-order valence-electron chi connectivity index (χ0n) is 10.1. The van der Waals surface area contributed by atoms with Crippen molar-refractivity contribution in [2.24, 2.45) is 0 Å². The highest BCUT2D eigenvalue weighted by Gasteiger charge is 2.08. The molecule has 1 N–H and O–H groups in total. The molecule has 102 valence electrons. The molecule has 9 heteroatoms. The maximum absolute atomic E-state index is 8.65. The van der Waals surface area contributed by atoms with E-state index in [9.17, 15) is 0 Å². The van der Waals surface area contributed by atoms with Crippen molar-refractivity contribution < 1.29 is 4.74 Å². The number of ether oxygens (including phenoxy) is 1. The highest BCUT2D eigenvalue weighted by Crippen LogP contribution is 2.25. The van der Waals surface area contributed by atoms with E-state index in [0.717, 1.165) is 11.8 Å². The van der Waals surface area contributed by atoms with Gasteiger partial charge in [0.2, 0.25) is 11.1 Å². The molecule has 0 atom stereocenters. The van der Waals surface area contributed by atoms with Crippen molar-refractivity contribution in [2.45, 2.75) is 5.16 Å². The van der Waals surface area contributed by atoms with Gasteiger partial charge in [-0.3, -0.25) is 0 Å². The summed E-state index contributed by atoms with van der Waals surface area (Å²) in [5.74, 6) is 0.230. The van der Waals surface area contributed by atoms with Gasteiger partial charge >= 0.3 is 6.01 Å². The molecule has 1 aromatic heterocycles. The van der Waals surface area contributed by atoms with Gasteiger partial charge in [-0.2, -0.15) is 20.2 Å². The standard InChI is InChI=1S/C11H7Cl2N5OS/c1-19-10-16-9(17-11(18-10)20-5-14)15-8-3-6(12)2-7(13)4-8/h2-4H,1H3,(H,15,16,17,18). The molecule has 0 radical (unpaired) electrons. The first-order valence-electron chi connectivity index (χ1n) is 5.20. The fraction of sp³-hybridized carbons (Fsp3) is 0.0909. The van der Waals surface area contributed by atoms with Crippen molar-refractivity contribution in [1.82, 2.24) is 15.0 Å². The van der Waals surface area contributed by atoms with E-state index in [-0.39, 0.29) is 17.1 Å². The highest BCUT2D eigenvalue weighted by molar-refractivity contribution is 8.03. The SMILES string of the molecule is COc1nc(Nc2cc(Cl)cc(Cl)c2)nc(SC#N)n1. The summed E-state index contributed by atoms with van der Waals surface area (Å²) in [5, 5.41) is 14.7. The second-order valence-electron chi connectivity index (χ2n) is 3.40. The molecule has 1 aromatic carbocycles. The Labute approximate surface area is 129 Å². The van der Waals surface area contributed by atoms with Crippen molar-refractivity contribution in [2.75, 3.05) is 12.4 Å². The molecule has 6 nitrogen and oxygen atoms in total. The van der Waals surface area contributed by atoms with Gasteiger partial charge in [0.1, 0.15) is 5.40 Å². The largest absolute Gasteiger partial charge is 0.467 e. The number of hydrogen-bond donors (Lipinski definition) is 1. The van der Waals surface area contributed by atoms with Gasteiger partial charge in [0.05, 0.1) is 7.11 Å². The monoisotopic (exact) mass is 327 g/mol. The van der Waals surface area contributed by atoms with E-state index in [1.807, 2.05) is 5.40 Å². The van der Waals surface area contributed by atoms with Crippen LogP contribution in [0.4, 0.5) is 11.6 Å². The lowest BCUT2D eigenvalue weighted by Gasteiger charge is -2.07. The fourth-order valence-electron chi connectivity index (χ4n) is 1.33. The van der Waals surface area contributed by atoms with Gasteiger partial charge in [-0.05, 0) is 18.2 Å². The van der Waals surface area contributed by atoms with E-state index < -0.39 is 0 Å². The molecule has 0 aliphatic rings. The summed E-state index contributed by atoms with van der Waals surface area (Å²) < 4.78 is 4.95. The van der Waals surface area contributed by atoms with E-state index in [1.54, 1.807) is 18.2 Å². The molecule has 0 bridgehead atoms. The lowest BCUT2D eigenvalue weighted by atomic mass is 10.3. The Morgan fingerprint density at radius 2 is 1.90 bits per heavy atom. The van der Waals surface area contributed by atoms with E-state index >= 15 is 0 Å². The number of thiocyanates is 1. The molecule has 0 aliphatic heterocycles. The molecule has 20 heavy (non-hydrogen) atoms. The molecular weight excluding hydrogens is 321 g/mol. The number of methoxy groups -OCH3 is 1. The van der Waals surface area contributed by atoms with Crippen molar-refractivity contribution in [3.63, 3.8) is 0 Å². The van der Waals surface area contributed by atoms with Crippen molar-refractivity contribution in [3.8, 4) is 11.4 Å². The molecule has 2 rings (SSSR count). The zero-order valence-corrected chi connectivity index (χ0v) is 12.4. The molecule has 2 aromatic rings. The summed E-state index contributed by atoms with van der Waals surface area (Å²) in [6, 6.07) is 5.05. The minimum atomic E-state index is 0.105. The molecule has 0 unspecified atom stereocenters. The first-order chi connectivity index (χ1) is 9.60. The average molecular weight is 328 g/mol. The number of hydrogen-bond acceptors (Lipinski definition) is 7. The third kappa shape index (κ3) is 3.87. The molecule has 0 aliphatic carbocycles. The lowest BCUT2D eigenvalue weighted by Crippen LogP contribution is -2.02. The van der Waals surface area contributed by atoms with Crippen LogP contribution in [0.15, 0.2) is 23.4 Å². The van der Waals surface area contributed by atoms with Crippen LogP contribution >= 0.6 is 35.0 Å². The summed E-state index contributed by atoms with van der Waals surface area (Å²) in [7, 11) is 1.43. The maximum Gasteiger partial charge on any atom is 0.321 e. The third-order valence-electron chi connectivity index (χ3n) is 2.03. The predicted molar refractivity (Wildman–Crippen MR) is 77.6 cm³/mol. The van der Waals surface area contributed by atoms with Crippen molar-refractivity contribution in [1.29, 1.82) is 5.26 Å². The molecule has 1 heterocycles. The first kappa shape index (κ1) is 14.7. The summed E-state index contributed by atoms with van der Waals surface area (Å²) in [6.45, 7) is 0. The molecular formula is C11H7Cl2N5OS. The van der Waals surface area contributed by atoms with Gasteiger partial charge in [0, 0.05) is 27.5 Å². The molecule has 0 saturated heterocycles. The number of thioether (sulfide) groups is 1. The van der Waals surface area contributed by atoms with E-state index in [2.05, 4.69) is 20.3 Å². The van der Waals surface area contributed by atoms with E-state index in [4.69, 9.17) is 33.2 Å². The van der Waals surface area contributed by atoms with Crippen LogP contribution in [0, 0.1) is 10.7 Å². The Morgan fingerprint density at radius 1 is 1.20 bits per heavy atom. The predicted octanol–water partition coefficient (Wildman–Crippen LogP) is 3.50. The normalized spacial score (nSPS) is 9.90. The molecule has 0 amide bonds. The van der Waals surface area contributed by atoms with Crippen LogP contribution in [0.3, 0.4) is 0 Å². The van der Waals surface area contributed by atoms with Gasteiger partial charge in [-0.15, -0.1) is 0 Å². The molecule has 0 spiro atoms. The number of nitrogens with zero attached hydrogens (tertiary/aromatic N) is 4. The third-order valence-corrected chi connectivity index (χ3v) is 2.93. The highest BCUT2D eigenvalue weighted by atomic mass is 35.5. The number of nitriles is 1. The van der Waals surface area contributed by atoms with Gasteiger partial charge in [-0.25, -0.2) is 0 Å². The quantitative estimate of drug-likeness (QED) is 0.679. The van der Waals surface area contributed by atoms with Gasteiger partial charge in [0.25, 0.3) is 0 Å². The number of rotatable bonds is 4. The molecule has 0 fully saturated rings. The smallest absolute Gasteiger partial charge is 0.321 e. The minimum absolute atomic E-state index is 0.105. The maximum atomic E-state index is 8.65. The molecule has 0 saturated carbocycles. The second-order valence-corrected chi connectivity index (χ2v) is 5.03. The Morgan fingerprint density at radius 3 is 2.50 bits per heavy atom. The topological polar surface area (TPSA) is 83.7 Å². The summed E-state index contributed by atoms with van der Waals surface area (Å²) in [6.07, 6.45) is 0. The minimum Gasteiger partial charge on any atom is -0.467 e. The van der Waals surface area contributed by atoms with Crippen LogP contribution in [-0.4, -0.2) is 22.1 Å². The van der Waals surface area contributed by atoms with E-state index in [0.29, 0.717) is 15.7 Å². The van der Waals surface area contributed by atoms with Crippen LogP contribution < -0.4 is 10.1 Å². The Bertz CT molecular complexity index is 656. The Balaban J connectivity index is 2.32. The van der Waals surface area contributed by atoms with Gasteiger partial charge in [-0.1, -0.05) is 23.2 Å². The van der Waals surface area contributed by atoms with Gasteiger partial charge < -0.3 is 10.1 Å². The summed E-state index contributed by atoms with van der Waals surface area (Å²) >= 11 is 12.6. The summed E-state index contributed by atoms with van der Waals surface area (Å²) in [4.78, 5) is 12.0. The lowest BCUT2D eigenvalue weighted by molar-refractivity contribution is 0.374. The van der Waals surface area contributed by atoms with Crippen LogP contribution in [0.25, 0.3) is 0 Å². The number of anilines is 2. The van der Waals surface area contributed by atoms with Gasteiger partial charge in [0.15, 0.2) is 0 Å². The number of aromatic nitrogens is 3. The number of halogens is 2. The fourth-order valence-corrected chi connectivity index (χ4v) is 2.19. The zero-order chi connectivity index (χ0) is 14.5. The Hall–Kier alpha value is -1.75. The van der Waals surface area contributed by atoms with E-state index in [1.165, 1.54) is 7.11 Å². The average Bonchev–Trinajstić information content (AvgIpc) is 2.37. The van der Waals surface area contributed by atoms with Crippen LogP contribution in [-0.2, 0) is 0 Å². The van der Waals surface area contributed by atoms with Crippen molar-refractivity contribution >= 4 is 46.6 Å². The Kier molecular flexibility index (Phi) is 4.84. The second kappa shape index (κ2) is 6.61. The van der Waals surface area contributed by atoms with Crippen molar-refractivity contribution in [3.05, 3.63) is 28.2 Å². The van der Waals surface area contributed by atoms with Crippen LogP contribution in [0.5, 0.6) is 6.01 Å². The number of benzene rings is 1.